The molecule has 0 aliphatic carbocycles. The molecule has 0 aromatic heterocycles. The number of carbonyl (C=O) groups is 2. The third kappa shape index (κ3) is 8.43. The maximum Gasteiger partial charge on any atom is 0.317 e. The second-order valence-corrected chi connectivity index (χ2v) is 11.5. The van der Waals surface area contributed by atoms with E-state index in [2.05, 4.69) is 20.9 Å². The molecule has 3 N–H and O–H groups in total. The van der Waals surface area contributed by atoms with E-state index < -0.39 is 5.50 Å². The van der Waals surface area contributed by atoms with Gasteiger partial charge in [0.15, 0.2) is 0 Å². The van der Waals surface area contributed by atoms with Crippen LogP contribution in [-0.2, 0) is 6.42 Å². The van der Waals surface area contributed by atoms with Gasteiger partial charge in [0.1, 0.15) is 5.50 Å². The number of nitrogens with zero attached hydrogens (tertiary/aromatic N) is 2. The molecule has 0 saturated carbocycles. The molecular formula is C30H34Cl3N5O2. The summed E-state index contributed by atoms with van der Waals surface area (Å²) in [6.45, 7) is 6.61. The molecule has 4 rings (SSSR count). The van der Waals surface area contributed by atoms with E-state index in [1.54, 1.807) is 18.2 Å². The molecule has 1 aliphatic heterocycles. The quantitative estimate of drug-likeness (QED) is 0.194. The number of anilines is 3. The normalized spacial score (nSPS) is 14.4. The standard InChI is InChI=1S/C30H34Cl3N5O2/c1-20(2)34-30(40)38-14-4-13-37(15-16-38)27-12-9-22(18-26(27)35-25-6-3-5-24(32)19-25)29(39)36-28(33)17-21-7-10-23(31)11-8-21/h3,5-12,18-20,28,35H,4,13-17H2,1-2H3,(H,34,40)(H,36,39). The van der Waals surface area contributed by atoms with Crippen molar-refractivity contribution >= 4 is 63.8 Å². The van der Waals surface area contributed by atoms with Crippen molar-refractivity contribution in [3.8, 4) is 0 Å². The second-order valence-electron chi connectivity index (χ2n) is 10.1. The molecule has 1 fully saturated rings. The van der Waals surface area contributed by atoms with E-state index in [1.807, 2.05) is 67.3 Å². The van der Waals surface area contributed by atoms with E-state index in [1.165, 1.54) is 0 Å². The second kappa shape index (κ2) is 14.0. The van der Waals surface area contributed by atoms with Crippen LogP contribution in [0.1, 0.15) is 36.2 Å². The Kier molecular flexibility index (Phi) is 10.4. The average molecular weight is 603 g/mol. The first-order valence-corrected chi connectivity index (χ1v) is 14.5. The van der Waals surface area contributed by atoms with Gasteiger partial charge in [-0.15, -0.1) is 0 Å². The topological polar surface area (TPSA) is 76.7 Å². The average Bonchev–Trinajstić information content (AvgIpc) is 3.16. The highest BCUT2D eigenvalue weighted by molar-refractivity contribution is 6.31. The van der Waals surface area contributed by atoms with Gasteiger partial charge >= 0.3 is 6.03 Å². The summed E-state index contributed by atoms with van der Waals surface area (Å²) in [7, 11) is 0. The van der Waals surface area contributed by atoms with Gasteiger partial charge in [-0.2, -0.15) is 0 Å². The van der Waals surface area contributed by atoms with Crippen molar-refractivity contribution in [1.82, 2.24) is 15.5 Å². The zero-order chi connectivity index (χ0) is 28.6. The third-order valence-electron chi connectivity index (χ3n) is 6.51. The lowest BCUT2D eigenvalue weighted by molar-refractivity contribution is 0.0949. The highest BCUT2D eigenvalue weighted by Gasteiger charge is 2.22. The summed E-state index contributed by atoms with van der Waals surface area (Å²) in [6, 6.07) is 20.4. The van der Waals surface area contributed by atoms with Crippen LogP contribution in [0.15, 0.2) is 66.7 Å². The number of carbonyl (C=O) groups excluding carboxylic acids is 2. The summed E-state index contributed by atoms with van der Waals surface area (Å²) in [5.74, 6) is -0.276. The van der Waals surface area contributed by atoms with Gasteiger partial charge in [-0.3, -0.25) is 4.79 Å². The minimum absolute atomic E-state index is 0.0460. The predicted octanol–water partition coefficient (Wildman–Crippen LogP) is 6.90. The maximum atomic E-state index is 13.2. The van der Waals surface area contributed by atoms with Crippen LogP contribution in [0.4, 0.5) is 21.9 Å². The van der Waals surface area contributed by atoms with Crippen molar-refractivity contribution in [1.29, 1.82) is 0 Å². The fraction of sp³-hybridized carbons (Fsp3) is 0.333. The molecule has 1 aliphatic rings. The van der Waals surface area contributed by atoms with Crippen LogP contribution >= 0.6 is 34.8 Å². The minimum Gasteiger partial charge on any atom is -0.368 e. The van der Waals surface area contributed by atoms with Gasteiger partial charge in [0.2, 0.25) is 0 Å². The van der Waals surface area contributed by atoms with Gasteiger partial charge in [-0.1, -0.05) is 53.0 Å². The third-order valence-corrected chi connectivity index (χ3v) is 7.26. The molecule has 40 heavy (non-hydrogen) atoms. The molecule has 10 heteroatoms. The number of benzene rings is 3. The van der Waals surface area contributed by atoms with Gasteiger partial charge < -0.3 is 25.8 Å². The first-order valence-electron chi connectivity index (χ1n) is 13.3. The molecule has 0 bridgehead atoms. The lowest BCUT2D eigenvalue weighted by Crippen LogP contribution is -2.44. The zero-order valence-electron chi connectivity index (χ0n) is 22.6. The van der Waals surface area contributed by atoms with Crippen LogP contribution in [0.25, 0.3) is 0 Å². The Morgan fingerprint density at radius 2 is 1.65 bits per heavy atom. The molecule has 1 heterocycles. The molecule has 0 spiro atoms. The van der Waals surface area contributed by atoms with Crippen LogP contribution in [0.5, 0.6) is 0 Å². The van der Waals surface area contributed by atoms with Crippen LogP contribution in [0, 0.1) is 0 Å². The molecule has 3 aromatic carbocycles. The van der Waals surface area contributed by atoms with Crippen molar-refractivity contribution in [3.63, 3.8) is 0 Å². The summed E-state index contributed by atoms with van der Waals surface area (Å²) in [6.07, 6.45) is 1.29. The van der Waals surface area contributed by atoms with Gasteiger partial charge in [0, 0.05) is 59.9 Å². The Balaban J connectivity index is 1.53. The van der Waals surface area contributed by atoms with E-state index in [9.17, 15) is 9.59 Å². The monoisotopic (exact) mass is 601 g/mol. The summed E-state index contributed by atoms with van der Waals surface area (Å²) >= 11 is 18.7. The Hall–Kier alpha value is -3.13. The van der Waals surface area contributed by atoms with Crippen LogP contribution in [-0.4, -0.2) is 54.6 Å². The molecule has 3 amide bonds. The Morgan fingerprint density at radius 1 is 0.875 bits per heavy atom. The molecular weight excluding hydrogens is 569 g/mol. The van der Waals surface area contributed by atoms with E-state index in [4.69, 9.17) is 34.8 Å². The zero-order valence-corrected chi connectivity index (χ0v) is 24.9. The fourth-order valence-electron chi connectivity index (χ4n) is 4.58. The van der Waals surface area contributed by atoms with E-state index >= 15 is 0 Å². The number of hydrogen-bond acceptors (Lipinski definition) is 4. The van der Waals surface area contributed by atoms with Crippen molar-refractivity contribution < 1.29 is 9.59 Å². The Bertz CT molecular complexity index is 1320. The highest BCUT2D eigenvalue weighted by atomic mass is 35.5. The Labute approximate surface area is 250 Å². The Morgan fingerprint density at radius 3 is 2.38 bits per heavy atom. The van der Waals surface area contributed by atoms with Crippen LogP contribution in [0.3, 0.4) is 0 Å². The number of amides is 3. The number of alkyl halides is 1. The van der Waals surface area contributed by atoms with Gasteiger partial charge in [0.25, 0.3) is 5.91 Å². The van der Waals surface area contributed by atoms with Crippen molar-refractivity contribution in [3.05, 3.63) is 87.9 Å². The number of urea groups is 1. The van der Waals surface area contributed by atoms with Crippen molar-refractivity contribution in [2.45, 2.75) is 38.2 Å². The number of rotatable bonds is 8. The lowest BCUT2D eigenvalue weighted by Gasteiger charge is -2.27. The molecule has 212 valence electrons. The first-order chi connectivity index (χ1) is 19.2. The maximum absolute atomic E-state index is 13.2. The highest BCUT2D eigenvalue weighted by Crippen LogP contribution is 2.32. The van der Waals surface area contributed by atoms with Gasteiger partial charge in [-0.05, 0) is 74.4 Å². The largest absolute Gasteiger partial charge is 0.368 e. The van der Waals surface area contributed by atoms with E-state index in [-0.39, 0.29) is 18.0 Å². The van der Waals surface area contributed by atoms with Crippen LogP contribution in [0.2, 0.25) is 10.0 Å². The molecule has 7 nitrogen and oxygen atoms in total. The molecule has 1 atom stereocenters. The summed E-state index contributed by atoms with van der Waals surface area (Å²) in [4.78, 5) is 29.9. The number of hydrogen-bond donors (Lipinski definition) is 3. The predicted molar refractivity (Wildman–Crippen MR) is 166 cm³/mol. The molecule has 3 aromatic rings. The summed E-state index contributed by atoms with van der Waals surface area (Å²) in [5, 5.41) is 10.6. The molecule has 1 unspecified atom stereocenters. The summed E-state index contributed by atoms with van der Waals surface area (Å²) in [5.41, 5.74) is 3.36. The number of halogens is 3. The smallest absolute Gasteiger partial charge is 0.317 e. The van der Waals surface area contributed by atoms with Crippen molar-refractivity contribution in [2.24, 2.45) is 0 Å². The molecule has 0 radical (unpaired) electrons. The first kappa shape index (κ1) is 29.8. The summed E-state index contributed by atoms with van der Waals surface area (Å²) < 4.78 is 0. The van der Waals surface area contributed by atoms with Gasteiger partial charge in [-0.25, -0.2) is 4.79 Å². The number of nitrogens with one attached hydrogen (secondary N) is 3. The SMILES string of the molecule is CC(C)NC(=O)N1CCCN(c2ccc(C(=O)NC(Cl)Cc3ccc(Cl)cc3)cc2Nc2cccc(Cl)c2)CC1. The van der Waals surface area contributed by atoms with Crippen molar-refractivity contribution in [2.75, 3.05) is 36.4 Å². The van der Waals surface area contributed by atoms with Crippen LogP contribution < -0.4 is 20.9 Å². The fourth-order valence-corrected chi connectivity index (χ4v) is 5.17. The lowest BCUT2D eigenvalue weighted by atomic mass is 10.1. The van der Waals surface area contributed by atoms with E-state index in [0.717, 1.165) is 35.6 Å². The molecule has 1 saturated heterocycles. The van der Waals surface area contributed by atoms with Gasteiger partial charge in [0.05, 0.1) is 11.4 Å². The minimum atomic E-state index is -0.591. The van der Waals surface area contributed by atoms with E-state index in [0.29, 0.717) is 41.7 Å².